The van der Waals surface area contributed by atoms with E-state index in [1.807, 2.05) is 69.3 Å². The van der Waals surface area contributed by atoms with E-state index in [4.69, 9.17) is 4.74 Å². The summed E-state index contributed by atoms with van der Waals surface area (Å²) in [4.78, 5) is 49.7. The summed E-state index contributed by atoms with van der Waals surface area (Å²) in [5.74, 6) is -1.34. The van der Waals surface area contributed by atoms with Crippen LogP contribution in [0.4, 0.5) is 5.69 Å². The van der Waals surface area contributed by atoms with E-state index in [1.165, 1.54) is 0 Å². The largest absolute Gasteiger partial charge is 0.494 e. The molecule has 266 valence electrons. The zero-order chi connectivity index (χ0) is 35.7. The highest BCUT2D eigenvalue weighted by Crippen LogP contribution is 2.68. The molecule has 3 aliphatic heterocycles. The number of amides is 3. The topological polar surface area (TPSA) is 121 Å². The number of carbonyl (C=O) groups is 3. The molecule has 1 N–H and O–H groups in total. The van der Waals surface area contributed by atoms with Gasteiger partial charge in [0.15, 0.2) is 0 Å². The van der Waals surface area contributed by atoms with Crippen molar-refractivity contribution in [2.45, 2.75) is 67.2 Å². The Morgan fingerprint density at radius 3 is 2.52 bits per heavy atom. The first kappa shape index (κ1) is 36.1. The van der Waals surface area contributed by atoms with Gasteiger partial charge in [-0.05, 0) is 62.1 Å². The lowest BCUT2D eigenvalue weighted by molar-refractivity contribution is -0.146. The molecule has 3 amide bonds. The van der Waals surface area contributed by atoms with Crippen molar-refractivity contribution in [3.63, 3.8) is 0 Å². The van der Waals surface area contributed by atoms with Crippen LogP contribution in [0.5, 0.6) is 5.75 Å². The zero-order valence-electron chi connectivity index (χ0n) is 28.7. The molecule has 3 aliphatic rings. The lowest BCUT2D eigenvalue weighted by atomic mass is 9.70. The summed E-state index contributed by atoms with van der Waals surface area (Å²) < 4.78 is 6.40. The summed E-state index contributed by atoms with van der Waals surface area (Å²) in [7, 11) is 0. The van der Waals surface area contributed by atoms with E-state index in [2.05, 4.69) is 39.4 Å². The third-order valence-corrected chi connectivity index (χ3v) is 13.2. The normalized spacial score (nSPS) is 25.9. The Morgan fingerprint density at radius 2 is 1.86 bits per heavy atom. The van der Waals surface area contributed by atoms with Gasteiger partial charge in [-0.2, -0.15) is 0 Å². The smallest absolute Gasteiger partial charge is 0.248 e. The van der Waals surface area contributed by atoms with Crippen molar-refractivity contribution in [1.29, 1.82) is 0 Å². The average molecular weight is 766 g/mol. The van der Waals surface area contributed by atoms with Crippen molar-refractivity contribution in [1.82, 2.24) is 24.8 Å². The van der Waals surface area contributed by atoms with E-state index < -0.39 is 28.7 Å². The van der Waals surface area contributed by atoms with Crippen LogP contribution >= 0.6 is 27.7 Å². The number of aromatic nitrogens is 3. The number of likely N-dealkylation sites (tertiary alicyclic amines) is 1. The third-order valence-electron chi connectivity index (χ3n) is 10.0. The SMILES string of the molecule is C=CCN(Cn1nnc2ccccc21)C(=O)C1N([C@@H](CO)CC(C)C)C(=O)[C@@H]2[C@H](C(=O)N(CC=C)c3ccc(OCC)cc3)[C@H]3SC12CC3Br. The molecular weight excluding hydrogens is 720 g/mol. The van der Waals surface area contributed by atoms with Crippen LogP contribution in [0.25, 0.3) is 11.0 Å². The number of aliphatic hydroxyl groups excluding tert-OH is 1. The molecule has 11 nitrogen and oxygen atoms in total. The molecule has 13 heteroatoms. The number of para-hydroxylation sites is 1. The van der Waals surface area contributed by atoms with Crippen molar-refractivity contribution in [2.75, 3.05) is 31.2 Å². The Morgan fingerprint density at radius 1 is 1.14 bits per heavy atom. The first-order chi connectivity index (χ1) is 24.1. The second-order valence-electron chi connectivity index (χ2n) is 13.6. The van der Waals surface area contributed by atoms with E-state index in [0.717, 1.165) is 5.52 Å². The molecule has 1 spiro atoms. The number of hydrogen-bond donors (Lipinski definition) is 1. The number of anilines is 1. The predicted octanol–water partition coefficient (Wildman–Crippen LogP) is 4.89. The number of thioether (sulfide) groups is 1. The summed E-state index contributed by atoms with van der Waals surface area (Å²) >= 11 is 5.47. The second kappa shape index (κ2) is 14.9. The molecule has 3 fully saturated rings. The summed E-state index contributed by atoms with van der Waals surface area (Å²) in [6.07, 6.45) is 4.36. The fraction of sp³-hybridized carbons (Fsp3) is 0.486. The van der Waals surface area contributed by atoms with E-state index >= 15 is 4.79 Å². The van der Waals surface area contributed by atoms with Gasteiger partial charge in [0, 0.05) is 28.9 Å². The molecule has 50 heavy (non-hydrogen) atoms. The Bertz CT molecular complexity index is 1750. The van der Waals surface area contributed by atoms with Gasteiger partial charge in [0.2, 0.25) is 17.7 Å². The van der Waals surface area contributed by atoms with Crippen LogP contribution < -0.4 is 9.64 Å². The average Bonchev–Trinajstić information content (AvgIpc) is 3.83. The van der Waals surface area contributed by atoms with Crippen molar-refractivity contribution in [2.24, 2.45) is 17.8 Å². The lowest BCUT2D eigenvalue weighted by Gasteiger charge is -2.40. The number of fused-ring (bicyclic) bond motifs is 2. The summed E-state index contributed by atoms with van der Waals surface area (Å²) in [5.41, 5.74) is 2.15. The number of halogens is 1. The van der Waals surface area contributed by atoms with Crippen molar-refractivity contribution < 1.29 is 24.2 Å². The number of ether oxygens (including phenoxy) is 1. The number of alkyl halides is 1. The number of hydrogen-bond acceptors (Lipinski definition) is 8. The van der Waals surface area contributed by atoms with Gasteiger partial charge in [-0.1, -0.05) is 59.3 Å². The van der Waals surface area contributed by atoms with E-state index in [0.29, 0.717) is 36.4 Å². The molecule has 3 aromatic rings. The van der Waals surface area contributed by atoms with Crippen LogP contribution in [0.15, 0.2) is 73.8 Å². The van der Waals surface area contributed by atoms with E-state index in [-0.39, 0.29) is 60.1 Å². The van der Waals surface area contributed by atoms with Gasteiger partial charge in [0.1, 0.15) is 24.0 Å². The van der Waals surface area contributed by atoms with Crippen molar-refractivity contribution in [3.05, 3.63) is 73.8 Å². The summed E-state index contributed by atoms with van der Waals surface area (Å²) in [6.45, 7) is 14.6. The molecule has 0 radical (unpaired) electrons. The quantitative estimate of drug-likeness (QED) is 0.172. The summed E-state index contributed by atoms with van der Waals surface area (Å²) in [5, 5.41) is 19.1. The highest BCUT2D eigenvalue weighted by Gasteiger charge is 2.76. The summed E-state index contributed by atoms with van der Waals surface area (Å²) in [6, 6.07) is 13.4. The minimum absolute atomic E-state index is 0.0949. The number of benzene rings is 2. The highest BCUT2D eigenvalue weighted by molar-refractivity contribution is 9.09. The van der Waals surface area contributed by atoms with Crippen LogP contribution in [-0.2, 0) is 21.1 Å². The molecule has 4 heterocycles. The standard InChI is InChI=1S/C37H45BrN6O5S/c1-6-17-41(22-43-29-12-10-9-11-28(29)39-40-43)36(48)33-37-20-27(38)32(50-37)30(31(37)35(47)44(33)25(21-45)19-23(4)5)34(46)42(18-7-2)24-13-15-26(16-14-24)49-8-3/h6-7,9-16,23,25,27,30-33,45H,1-2,8,17-22H2,3-5H3/t25-,27?,30+,31+,32+,33?,37?/m1/s1. The van der Waals surface area contributed by atoms with Crippen LogP contribution in [0, 0.1) is 17.8 Å². The molecule has 7 atom stereocenters. The molecule has 1 aromatic heterocycles. The van der Waals surface area contributed by atoms with Crippen LogP contribution in [0.1, 0.15) is 33.6 Å². The Balaban J connectivity index is 1.41. The van der Waals surface area contributed by atoms with Crippen LogP contribution in [-0.4, -0.2) is 101 Å². The zero-order valence-corrected chi connectivity index (χ0v) is 31.1. The number of nitrogens with zero attached hydrogens (tertiary/aromatic N) is 6. The molecule has 2 aromatic carbocycles. The first-order valence-corrected chi connectivity index (χ1v) is 19.0. The number of rotatable bonds is 15. The molecule has 2 bridgehead atoms. The molecule has 6 rings (SSSR count). The van der Waals surface area contributed by atoms with Gasteiger partial charge in [0.25, 0.3) is 0 Å². The monoisotopic (exact) mass is 764 g/mol. The third kappa shape index (κ3) is 6.25. The van der Waals surface area contributed by atoms with Crippen molar-refractivity contribution >= 4 is 62.1 Å². The van der Waals surface area contributed by atoms with Gasteiger partial charge in [0.05, 0.1) is 41.4 Å². The Labute approximate surface area is 305 Å². The minimum Gasteiger partial charge on any atom is -0.494 e. The van der Waals surface area contributed by atoms with E-state index in [9.17, 15) is 14.7 Å². The number of aliphatic hydroxyl groups is 1. The molecular formula is C37H45BrN6O5S. The Hall–Kier alpha value is -3.68. The van der Waals surface area contributed by atoms with Crippen molar-refractivity contribution in [3.8, 4) is 5.75 Å². The van der Waals surface area contributed by atoms with Gasteiger partial charge in [-0.15, -0.1) is 30.0 Å². The molecule has 0 saturated carbocycles. The highest BCUT2D eigenvalue weighted by atomic mass is 79.9. The van der Waals surface area contributed by atoms with Gasteiger partial charge in [-0.25, -0.2) is 4.68 Å². The van der Waals surface area contributed by atoms with Gasteiger partial charge < -0.3 is 24.5 Å². The predicted molar refractivity (Wildman–Crippen MR) is 199 cm³/mol. The maximum Gasteiger partial charge on any atom is 0.248 e. The maximum absolute atomic E-state index is 15.1. The fourth-order valence-electron chi connectivity index (χ4n) is 8.09. The molecule has 0 aliphatic carbocycles. The molecule has 3 unspecified atom stereocenters. The minimum atomic E-state index is -0.920. The van der Waals surface area contributed by atoms with Crippen LogP contribution in [0.3, 0.4) is 0 Å². The maximum atomic E-state index is 15.1. The second-order valence-corrected chi connectivity index (χ2v) is 16.3. The number of carbonyl (C=O) groups excluding carboxylic acids is 3. The first-order valence-electron chi connectivity index (χ1n) is 17.2. The van der Waals surface area contributed by atoms with Gasteiger partial charge >= 0.3 is 0 Å². The lowest BCUT2D eigenvalue weighted by Crippen LogP contribution is -2.58. The van der Waals surface area contributed by atoms with Gasteiger partial charge in [-0.3, -0.25) is 14.4 Å². The fourth-order valence-corrected chi connectivity index (χ4v) is 11.7. The molecule has 3 saturated heterocycles. The van der Waals surface area contributed by atoms with E-state index in [1.54, 1.807) is 43.3 Å². The van der Waals surface area contributed by atoms with Crippen LogP contribution in [0.2, 0.25) is 0 Å². The Kier molecular flexibility index (Phi) is 10.8.